The van der Waals surface area contributed by atoms with Crippen LogP contribution in [-0.4, -0.2) is 26.2 Å². The minimum atomic E-state index is -1.01. The van der Waals surface area contributed by atoms with Gasteiger partial charge in [-0.15, -0.1) is 11.8 Å². The van der Waals surface area contributed by atoms with E-state index in [9.17, 15) is 9.90 Å². The van der Waals surface area contributed by atoms with Crippen LogP contribution in [0.3, 0.4) is 0 Å². The first-order valence-corrected chi connectivity index (χ1v) is 7.01. The molecule has 0 radical (unpaired) electrons. The summed E-state index contributed by atoms with van der Waals surface area (Å²) in [5.74, 6) is 0.865. The number of nitrogens with zero attached hydrogens (tertiary/aromatic N) is 3. The fraction of sp³-hybridized carbons (Fsp3) is 0.385. The van der Waals surface area contributed by atoms with Crippen LogP contribution in [0.1, 0.15) is 38.9 Å². The number of carbonyl (C=O) groups is 1. The summed E-state index contributed by atoms with van der Waals surface area (Å²) >= 11 is 1.36. The monoisotopic (exact) mass is 293 g/mol. The lowest BCUT2D eigenvalue weighted by atomic mass is 10.2. The van der Waals surface area contributed by atoms with Crippen molar-refractivity contribution in [3.63, 3.8) is 0 Å². The van der Waals surface area contributed by atoms with E-state index in [0.29, 0.717) is 22.3 Å². The molecule has 0 unspecified atom stereocenters. The Labute approximate surface area is 120 Å². The number of hydrogen-bond acceptors (Lipinski definition) is 6. The predicted octanol–water partition coefficient (Wildman–Crippen LogP) is 2.69. The maximum atomic E-state index is 11.3. The van der Waals surface area contributed by atoms with Gasteiger partial charge in [0.05, 0.1) is 11.4 Å². The molecule has 2 rings (SSSR count). The molecule has 0 aliphatic carbocycles. The molecule has 2 aromatic rings. The van der Waals surface area contributed by atoms with Crippen molar-refractivity contribution in [1.82, 2.24) is 15.1 Å². The van der Waals surface area contributed by atoms with E-state index in [1.807, 2.05) is 13.8 Å². The summed E-state index contributed by atoms with van der Waals surface area (Å²) < 4.78 is 5.10. The first kappa shape index (κ1) is 14.5. The number of rotatable bonds is 4. The third-order valence-electron chi connectivity index (χ3n) is 2.92. The molecule has 2 aromatic heterocycles. The second-order valence-corrected chi connectivity index (χ2v) is 5.40. The topological polar surface area (TPSA) is 89.1 Å². The van der Waals surface area contributed by atoms with Crippen molar-refractivity contribution in [1.29, 1.82) is 0 Å². The first-order valence-electron chi connectivity index (χ1n) is 6.03. The lowest BCUT2D eigenvalue weighted by molar-refractivity contribution is 0.0690. The summed E-state index contributed by atoms with van der Waals surface area (Å²) in [5.41, 5.74) is 2.42. The maximum absolute atomic E-state index is 11.3. The average Bonchev–Trinajstić information content (AvgIpc) is 2.65. The van der Waals surface area contributed by atoms with Crippen LogP contribution in [0.4, 0.5) is 0 Å². The SMILES string of the molecule is Cc1nc(C)c(C(=O)O)c(SCc2c(C)noc2C)n1. The quantitative estimate of drug-likeness (QED) is 0.684. The molecular weight excluding hydrogens is 278 g/mol. The number of aromatic carboxylic acids is 1. The van der Waals surface area contributed by atoms with Crippen LogP contribution in [-0.2, 0) is 5.75 Å². The van der Waals surface area contributed by atoms with Gasteiger partial charge in [-0.05, 0) is 27.7 Å². The number of aromatic nitrogens is 3. The zero-order valence-electron chi connectivity index (χ0n) is 11.7. The van der Waals surface area contributed by atoms with Crippen molar-refractivity contribution in [2.45, 2.75) is 38.5 Å². The molecule has 0 aliphatic rings. The predicted molar refractivity (Wildman–Crippen MR) is 74.0 cm³/mol. The standard InChI is InChI=1S/C13H15N3O3S/c1-6-10(8(3)19-16-6)5-20-12-11(13(17)18)7(2)14-9(4)15-12/h5H2,1-4H3,(H,17,18). The molecule has 1 N–H and O–H groups in total. The number of aryl methyl sites for hydroxylation is 4. The summed E-state index contributed by atoms with van der Waals surface area (Å²) in [6.07, 6.45) is 0. The smallest absolute Gasteiger partial charge is 0.340 e. The minimum Gasteiger partial charge on any atom is -0.478 e. The summed E-state index contributed by atoms with van der Waals surface area (Å²) in [7, 11) is 0. The van der Waals surface area contributed by atoms with E-state index in [0.717, 1.165) is 17.0 Å². The number of carboxylic acids is 1. The Morgan fingerprint density at radius 1 is 1.20 bits per heavy atom. The van der Waals surface area contributed by atoms with Crippen molar-refractivity contribution < 1.29 is 14.4 Å². The van der Waals surface area contributed by atoms with Crippen molar-refractivity contribution in [2.75, 3.05) is 0 Å². The average molecular weight is 293 g/mol. The molecule has 0 saturated heterocycles. The number of thioether (sulfide) groups is 1. The summed E-state index contributed by atoms with van der Waals surface area (Å²) in [6, 6.07) is 0. The zero-order valence-corrected chi connectivity index (χ0v) is 12.5. The third kappa shape index (κ3) is 2.82. The van der Waals surface area contributed by atoms with Gasteiger partial charge in [-0.2, -0.15) is 0 Å². The molecule has 0 atom stereocenters. The lowest BCUT2D eigenvalue weighted by Crippen LogP contribution is -2.08. The van der Waals surface area contributed by atoms with Crippen LogP contribution in [0.5, 0.6) is 0 Å². The third-order valence-corrected chi connectivity index (χ3v) is 3.92. The van der Waals surface area contributed by atoms with Crippen LogP contribution >= 0.6 is 11.8 Å². The van der Waals surface area contributed by atoms with E-state index in [-0.39, 0.29) is 5.56 Å². The number of hydrogen-bond donors (Lipinski definition) is 1. The molecule has 0 amide bonds. The zero-order chi connectivity index (χ0) is 14.9. The summed E-state index contributed by atoms with van der Waals surface area (Å²) in [4.78, 5) is 19.7. The van der Waals surface area contributed by atoms with Gasteiger partial charge in [0.15, 0.2) is 0 Å². The first-order chi connectivity index (χ1) is 9.40. The Bertz CT molecular complexity index is 648. The Balaban J connectivity index is 2.32. The Morgan fingerprint density at radius 3 is 2.45 bits per heavy atom. The Kier molecular flexibility index (Phi) is 4.08. The molecule has 20 heavy (non-hydrogen) atoms. The van der Waals surface area contributed by atoms with Crippen molar-refractivity contribution in [3.8, 4) is 0 Å². The van der Waals surface area contributed by atoms with E-state index < -0.39 is 5.97 Å². The molecule has 7 heteroatoms. The molecule has 0 aromatic carbocycles. The van der Waals surface area contributed by atoms with Gasteiger partial charge in [-0.3, -0.25) is 0 Å². The van der Waals surface area contributed by atoms with Gasteiger partial charge in [0.1, 0.15) is 22.2 Å². The van der Waals surface area contributed by atoms with Gasteiger partial charge in [-0.1, -0.05) is 5.16 Å². The summed E-state index contributed by atoms with van der Waals surface area (Å²) in [6.45, 7) is 7.13. The molecule has 0 bridgehead atoms. The molecule has 6 nitrogen and oxygen atoms in total. The fourth-order valence-electron chi connectivity index (χ4n) is 1.88. The van der Waals surface area contributed by atoms with E-state index >= 15 is 0 Å². The highest BCUT2D eigenvalue weighted by Crippen LogP contribution is 2.28. The second-order valence-electron chi connectivity index (χ2n) is 4.43. The Morgan fingerprint density at radius 2 is 1.90 bits per heavy atom. The molecule has 106 valence electrons. The molecule has 0 saturated carbocycles. The largest absolute Gasteiger partial charge is 0.478 e. The highest BCUT2D eigenvalue weighted by atomic mass is 32.2. The minimum absolute atomic E-state index is 0.160. The van der Waals surface area contributed by atoms with Crippen LogP contribution in [0.2, 0.25) is 0 Å². The molecule has 0 aliphatic heterocycles. The fourth-order valence-corrected chi connectivity index (χ4v) is 3.15. The van der Waals surface area contributed by atoms with E-state index in [1.54, 1.807) is 13.8 Å². The molecular formula is C13H15N3O3S. The van der Waals surface area contributed by atoms with Crippen LogP contribution in [0.15, 0.2) is 9.55 Å². The molecule has 0 fully saturated rings. The number of carboxylic acid groups (broad SMARTS) is 1. The van der Waals surface area contributed by atoms with Crippen LogP contribution < -0.4 is 0 Å². The van der Waals surface area contributed by atoms with Crippen molar-refractivity contribution >= 4 is 17.7 Å². The molecule has 2 heterocycles. The second kappa shape index (κ2) is 5.62. The van der Waals surface area contributed by atoms with E-state index in [2.05, 4.69) is 15.1 Å². The van der Waals surface area contributed by atoms with Crippen molar-refractivity contribution in [3.05, 3.63) is 34.1 Å². The van der Waals surface area contributed by atoms with Gasteiger partial charge in [0.25, 0.3) is 0 Å². The van der Waals surface area contributed by atoms with Gasteiger partial charge >= 0.3 is 5.97 Å². The van der Waals surface area contributed by atoms with Gasteiger partial charge in [0, 0.05) is 11.3 Å². The normalized spacial score (nSPS) is 10.8. The van der Waals surface area contributed by atoms with E-state index in [4.69, 9.17) is 4.52 Å². The van der Waals surface area contributed by atoms with Crippen molar-refractivity contribution in [2.24, 2.45) is 0 Å². The van der Waals surface area contributed by atoms with Crippen LogP contribution in [0, 0.1) is 27.7 Å². The van der Waals surface area contributed by atoms with Crippen LogP contribution in [0.25, 0.3) is 0 Å². The maximum Gasteiger partial charge on any atom is 0.340 e. The summed E-state index contributed by atoms with van der Waals surface area (Å²) in [5, 5.41) is 13.6. The van der Waals surface area contributed by atoms with Gasteiger partial charge in [0.2, 0.25) is 0 Å². The molecule has 0 spiro atoms. The highest BCUT2D eigenvalue weighted by molar-refractivity contribution is 7.98. The highest BCUT2D eigenvalue weighted by Gasteiger charge is 2.19. The van der Waals surface area contributed by atoms with Gasteiger partial charge in [-0.25, -0.2) is 14.8 Å². The Hall–Kier alpha value is -1.89. The van der Waals surface area contributed by atoms with Gasteiger partial charge < -0.3 is 9.63 Å². The van der Waals surface area contributed by atoms with E-state index in [1.165, 1.54) is 11.8 Å². The lowest BCUT2D eigenvalue weighted by Gasteiger charge is -2.08.